The van der Waals surface area contributed by atoms with Gasteiger partial charge in [-0.25, -0.2) is 6.57 Å². The summed E-state index contributed by atoms with van der Waals surface area (Å²) in [6.07, 6.45) is 11.3. The second-order valence-electron chi connectivity index (χ2n) is 9.99. The first kappa shape index (κ1) is 19.6. The highest BCUT2D eigenvalue weighted by Crippen LogP contribution is 2.50. The van der Waals surface area contributed by atoms with Gasteiger partial charge in [-0.05, 0) is 56.8 Å². The zero-order valence-electron chi connectivity index (χ0n) is 17.4. The fourth-order valence-corrected chi connectivity index (χ4v) is 5.63. The van der Waals surface area contributed by atoms with E-state index in [1.165, 1.54) is 32.4 Å². The number of primary amides is 1. The smallest absolute Gasteiger partial charge is 0.254 e. The van der Waals surface area contributed by atoms with Gasteiger partial charge in [0.1, 0.15) is 11.1 Å². The largest absolute Gasteiger partial charge is 0.365 e. The molecular formula is C22H30N6O2. The molecule has 2 heterocycles. The van der Waals surface area contributed by atoms with Crippen LogP contribution in [0.2, 0.25) is 0 Å². The van der Waals surface area contributed by atoms with Crippen molar-refractivity contribution in [2.75, 3.05) is 25.0 Å². The molecule has 30 heavy (non-hydrogen) atoms. The Labute approximate surface area is 177 Å². The monoisotopic (exact) mass is 410 g/mol. The molecule has 0 atom stereocenters. The third kappa shape index (κ3) is 3.29. The van der Waals surface area contributed by atoms with Gasteiger partial charge in [-0.1, -0.05) is 6.42 Å². The maximum absolute atomic E-state index is 12.2. The van der Waals surface area contributed by atoms with Crippen LogP contribution in [0, 0.1) is 17.9 Å². The molecule has 160 valence electrons. The Morgan fingerprint density at radius 2 is 1.90 bits per heavy atom. The molecule has 4 aliphatic rings. The molecule has 0 unspecified atom stereocenters. The zero-order valence-corrected chi connectivity index (χ0v) is 17.4. The van der Waals surface area contributed by atoms with E-state index in [1.807, 2.05) is 0 Å². The maximum Gasteiger partial charge on any atom is 0.254 e. The lowest BCUT2D eigenvalue weighted by atomic mass is 9.62. The molecule has 8 heteroatoms. The van der Waals surface area contributed by atoms with Crippen LogP contribution in [0.1, 0.15) is 68.1 Å². The molecule has 1 spiro atoms. The minimum absolute atomic E-state index is 0.0130. The van der Waals surface area contributed by atoms with Gasteiger partial charge in [0.05, 0.1) is 0 Å². The van der Waals surface area contributed by atoms with Crippen molar-refractivity contribution in [3.8, 4) is 0 Å². The number of carbonyl (C=O) groups is 2. The highest BCUT2D eigenvalue weighted by atomic mass is 16.2. The summed E-state index contributed by atoms with van der Waals surface area (Å²) in [5.41, 5.74) is 5.97. The van der Waals surface area contributed by atoms with Gasteiger partial charge in [0, 0.05) is 31.2 Å². The van der Waals surface area contributed by atoms with Crippen LogP contribution in [-0.2, 0) is 10.3 Å². The molecule has 2 amide bonds. The molecular weight excluding hydrogens is 380 g/mol. The number of likely N-dealkylation sites (tertiary alicyclic amines) is 1. The average molecular weight is 411 g/mol. The van der Waals surface area contributed by atoms with Crippen LogP contribution in [0.5, 0.6) is 0 Å². The van der Waals surface area contributed by atoms with E-state index in [2.05, 4.69) is 20.2 Å². The van der Waals surface area contributed by atoms with Crippen molar-refractivity contribution >= 4 is 17.6 Å². The van der Waals surface area contributed by atoms with Crippen LogP contribution < -0.4 is 11.1 Å². The summed E-state index contributed by atoms with van der Waals surface area (Å²) in [7, 11) is 0. The summed E-state index contributed by atoms with van der Waals surface area (Å²) in [5, 5.41) is 7.35. The number of rotatable bonds is 6. The van der Waals surface area contributed by atoms with Crippen LogP contribution in [0.25, 0.3) is 4.85 Å². The molecule has 1 aliphatic heterocycles. The topological polar surface area (TPSA) is 97.6 Å². The van der Waals surface area contributed by atoms with E-state index < -0.39 is 11.4 Å². The molecule has 5 rings (SSSR count). The molecule has 8 nitrogen and oxygen atoms in total. The van der Waals surface area contributed by atoms with Gasteiger partial charge in [-0.15, -0.1) is 0 Å². The summed E-state index contributed by atoms with van der Waals surface area (Å²) in [4.78, 5) is 30.5. The number of nitrogens with one attached hydrogen (secondary N) is 1. The third-order valence-corrected chi connectivity index (χ3v) is 7.92. The highest BCUT2D eigenvalue weighted by Gasteiger charge is 2.51. The van der Waals surface area contributed by atoms with E-state index in [9.17, 15) is 9.59 Å². The fraction of sp³-hybridized carbons (Fsp3) is 0.727. The minimum atomic E-state index is -0.606. The predicted octanol–water partition coefficient (Wildman–Crippen LogP) is 2.37. The molecule has 0 bridgehead atoms. The van der Waals surface area contributed by atoms with Crippen LogP contribution >= 0.6 is 0 Å². The summed E-state index contributed by atoms with van der Waals surface area (Å²) >= 11 is 0. The summed E-state index contributed by atoms with van der Waals surface area (Å²) < 4.78 is 1.76. The van der Waals surface area contributed by atoms with Crippen LogP contribution in [0.15, 0.2) is 6.20 Å². The fourth-order valence-electron chi connectivity index (χ4n) is 5.63. The average Bonchev–Trinajstić information content (AvgIpc) is 3.41. The Balaban J connectivity index is 1.32. The number of nitrogens with zero attached hydrogens (tertiary/aromatic N) is 4. The van der Waals surface area contributed by atoms with E-state index in [4.69, 9.17) is 12.3 Å². The first-order chi connectivity index (χ1) is 14.4. The first-order valence-electron chi connectivity index (χ1n) is 11.2. The van der Waals surface area contributed by atoms with Gasteiger partial charge in [-0.3, -0.25) is 19.2 Å². The van der Waals surface area contributed by atoms with E-state index in [1.54, 1.807) is 10.9 Å². The standard InChI is InChI=1S/C22H30N6O2/c1-24-12-22(9-5-16(6-10-22)27-13-21(14-27)7-2-8-21)28-11-17(18(23)29)19(26-28)25-20(30)15-3-4-15/h11,15-16H,2-10,12-14H2,(H2,23,29)(H,25,26,30). The normalized spacial score (nSPS) is 30.2. The molecule has 1 aromatic heterocycles. The van der Waals surface area contributed by atoms with Gasteiger partial charge in [0.15, 0.2) is 5.82 Å². The number of amides is 2. The summed E-state index contributed by atoms with van der Waals surface area (Å²) in [6, 6.07) is 0.579. The van der Waals surface area contributed by atoms with E-state index in [0.717, 1.165) is 38.5 Å². The molecule has 1 saturated heterocycles. The number of carbonyl (C=O) groups excluding carboxylic acids is 2. The van der Waals surface area contributed by atoms with Crippen molar-refractivity contribution < 1.29 is 9.59 Å². The Kier molecular flexibility index (Phi) is 4.62. The lowest BCUT2D eigenvalue weighted by Crippen LogP contribution is -2.63. The van der Waals surface area contributed by atoms with E-state index >= 15 is 0 Å². The van der Waals surface area contributed by atoms with Crippen molar-refractivity contribution in [1.82, 2.24) is 14.7 Å². The lowest BCUT2D eigenvalue weighted by Gasteiger charge is -2.59. The van der Waals surface area contributed by atoms with Gasteiger partial charge >= 0.3 is 0 Å². The van der Waals surface area contributed by atoms with Crippen LogP contribution in [0.4, 0.5) is 5.82 Å². The van der Waals surface area contributed by atoms with Gasteiger partial charge in [0.25, 0.3) is 5.91 Å². The minimum Gasteiger partial charge on any atom is -0.365 e. The van der Waals surface area contributed by atoms with Gasteiger partial charge in [-0.2, -0.15) is 5.10 Å². The summed E-state index contributed by atoms with van der Waals surface area (Å²) in [5.74, 6) is -0.460. The molecule has 3 aliphatic carbocycles. The van der Waals surface area contributed by atoms with Crippen molar-refractivity contribution in [3.63, 3.8) is 0 Å². The van der Waals surface area contributed by atoms with E-state index in [-0.39, 0.29) is 23.2 Å². The Morgan fingerprint density at radius 3 is 2.43 bits per heavy atom. The number of nitrogens with two attached hydrogens (primary N) is 1. The zero-order chi connectivity index (χ0) is 20.9. The highest BCUT2D eigenvalue weighted by molar-refractivity contribution is 6.02. The van der Waals surface area contributed by atoms with Crippen LogP contribution in [-0.4, -0.2) is 52.2 Å². The Hall–Kier alpha value is -2.40. The molecule has 3 saturated carbocycles. The van der Waals surface area contributed by atoms with E-state index in [0.29, 0.717) is 18.0 Å². The molecule has 0 radical (unpaired) electrons. The molecule has 3 N–H and O–H groups in total. The number of aromatic nitrogens is 2. The first-order valence-corrected chi connectivity index (χ1v) is 11.2. The second-order valence-corrected chi connectivity index (χ2v) is 9.99. The number of hydrogen-bond acceptors (Lipinski definition) is 4. The summed E-state index contributed by atoms with van der Waals surface area (Å²) in [6.45, 7) is 10.3. The molecule has 1 aromatic rings. The van der Waals surface area contributed by atoms with Crippen LogP contribution in [0.3, 0.4) is 0 Å². The number of anilines is 1. The maximum atomic E-state index is 12.2. The Morgan fingerprint density at radius 1 is 1.20 bits per heavy atom. The van der Waals surface area contributed by atoms with Crippen molar-refractivity contribution in [3.05, 3.63) is 23.2 Å². The van der Waals surface area contributed by atoms with Gasteiger partial charge in [0.2, 0.25) is 12.5 Å². The van der Waals surface area contributed by atoms with Crippen molar-refractivity contribution in [2.45, 2.75) is 69.4 Å². The third-order valence-electron chi connectivity index (χ3n) is 7.92. The molecule has 0 aromatic carbocycles. The Bertz CT molecular complexity index is 891. The quantitative estimate of drug-likeness (QED) is 0.704. The van der Waals surface area contributed by atoms with Crippen molar-refractivity contribution in [1.29, 1.82) is 0 Å². The van der Waals surface area contributed by atoms with Gasteiger partial charge < -0.3 is 15.9 Å². The number of hydrogen-bond donors (Lipinski definition) is 2. The molecule has 4 fully saturated rings. The SMILES string of the molecule is [C-]#[N+]CC1(n2cc(C(N)=O)c(NC(=O)C3CC3)n2)CCC(N2CC3(CCC3)C2)CC1. The predicted molar refractivity (Wildman–Crippen MR) is 112 cm³/mol. The van der Waals surface area contributed by atoms with Crippen molar-refractivity contribution in [2.24, 2.45) is 17.1 Å². The second kappa shape index (κ2) is 7.09. The lowest BCUT2D eigenvalue weighted by molar-refractivity contribution is -0.117.